The van der Waals surface area contributed by atoms with E-state index in [1.54, 1.807) is 0 Å². The molecular weight excluding hydrogens is 751 g/mol. The average Bonchev–Trinajstić information content (AvgIpc) is 3.73. The lowest BCUT2D eigenvalue weighted by Gasteiger charge is -2.27. The lowest BCUT2D eigenvalue weighted by molar-refractivity contribution is 0.669. The van der Waals surface area contributed by atoms with Gasteiger partial charge >= 0.3 is 0 Å². The quantitative estimate of drug-likeness (QED) is 0.145. The van der Waals surface area contributed by atoms with Gasteiger partial charge in [-0.2, -0.15) is 0 Å². The molecule has 0 aliphatic heterocycles. The first-order valence-electron chi connectivity index (χ1n) is 21.1. The lowest BCUT2D eigenvalue weighted by atomic mass is 9.97. The number of furan rings is 1. The van der Waals surface area contributed by atoms with Crippen LogP contribution in [0.25, 0.3) is 88.7 Å². The van der Waals surface area contributed by atoms with Crippen molar-refractivity contribution in [2.45, 2.75) is 0 Å². The molecule has 0 amide bonds. The Kier molecular flexibility index (Phi) is 9.57. The molecule has 0 saturated carbocycles. The Balaban J connectivity index is 0.975. The van der Waals surface area contributed by atoms with Crippen molar-refractivity contribution in [2.24, 2.45) is 0 Å². The topological polar surface area (TPSA) is 16.4 Å². The first-order chi connectivity index (χ1) is 30.7. The molecule has 11 aromatic rings. The summed E-state index contributed by atoms with van der Waals surface area (Å²) in [5, 5.41) is 2.27. The second kappa shape index (κ2) is 16.1. The fourth-order valence-corrected chi connectivity index (χ4v) is 8.70. The predicted molar refractivity (Wildman–Crippen MR) is 261 cm³/mol. The maximum Gasteiger partial charge on any atom is 0.135 e. The van der Waals surface area contributed by atoms with Crippen molar-refractivity contribution in [1.82, 2.24) is 0 Å². The molecule has 0 saturated heterocycles. The van der Waals surface area contributed by atoms with Crippen LogP contribution in [-0.4, -0.2) is 0 Å². The van der Waals surface area contributed by atoms with E-state index in [2.05, 4.69) is 241 Å². The van der Waals surface area contributed by atoms with Gasteiger partial charge in [0.1, 0.15) is 11.2 Å². The van der Waals surface area contributed by atoms with E-state index >= 15 is 0 Å². The number of fused-ring (bicyclic) bond motifs is 3. The number of nitrogens with zero attached hydrogens (tertiary/aromatic N) is 1. The second-order valence-electron chi connectivity index (χ2n) is 15.8. The molecular formula is C60H41NO. The zero-order valence-corrected chi connectivity index (χ0v) is 34.0. The van der Waals surface area contributed by atoms with Crippen molar-refractivity contribution in [3.63, 3.8) is 0 Å². The molecule has 0 bridgehead atoms. The number of anilines is 3. The fraction of sp³-hybridized carbons (Fsp3) is 0. The summed E-state index contributed by atoms with van der Waals surface area (Å²) in [4.78, 5) is 2.37. The highest BCUT2D eigenvalue weighted by atomic mass is 16.3. The van der Waals surface area contributed by atoms with Gasteiger partial charge in [-0.1, -0.05) is 176 Å². The monoisotopic (exact) mass is 791 g/mol. The largest absolute Gasteiger partial charge is 0.456 e. The minimum Gasteiger partial charge on any atom is -0.456 e. The summed E-state index contributed by atoms with van der Waals surface area (Å²) in [5.74, 6) is 0. The van der Waals surface area contributed by atoms with Gasteiger partial charge in [0.25, 0.3) is 0 Å². The molecule has 11 rings (SSSR count). The molecule has 10 aromatic carbocycles. The number of benzene rings is 10. The summed E-state index contributed by atoms with van der Waals surface area (Å²) in [6.07, 6.45) is 0. The highest BCUT2D eigenvalue weighted by molar-refractivity contribution is 6.06. The normalized spacial score (nSPS) is 11.2. The molecule has 0 spiro atoms. The van der Waals surface area contributed by atoms with E-state index in [4.69, 9.17) is 4.42 Å². The van der Waals surface area contributed by atoms with Crippen molar-refractivity contribution < 1.29 is 4.42 Å². The molecule has 1 aromatic heterocycles. The van der Waals surface area contributed by atoms with Crippen molar-refractivity contribution in [2.75, 3.05) is 4.90 Å². The summed E-state index contributed by atoms with van der Waals surface area (Å²) >= 11 is 0. The van der Waals surface area contributed by atoms with Crippen LogP contribution in [0.15, 0.2) is 253 Å². The number of rotatable bonds is 9. The summed E-state index contributed by atoms with van der Waals surface area (Å²) in [6.45, 7) is 0. The number of hydrogen-bond donors (Lipinski definition) is 0. The molecule has 0 unspecified atom stereocenters. The molecule has 0 radical (unpaired) electrons. The Hall–Kier alpha value is -8.20. The Morgan fingerprint density at radius 2 is 0.565 bits per heavy atom. The van der Waals surface area contributed by atoms with Gasteiger partial charge in [0.15, 0.2) is 0 Å². The molecule has 0 aliphatic carbocycles. The standard InChI is InChI=1S/C60H41NO/c1-3-14-42(15-4-1)45-18-9-21-48(36-45)51-24-12-26-55(39-51)61(56-27-13-25-52(40-56)49-22-10-19-46(37-49)43-16-5-2-6-17-43)54-33-30-44(31-34-54)47-20-11-23-50(38-47)53-32-35-60-58(41-53)57-28-7-8-29-59(57)62-60/h1-41H. The minimum atomic E-state index is 0.906. The van der Waals surface area contributed by atoms with Gasteiger partial charge in [0, 0.05) is 27.8 Å². The zero-order valence-electron chi connectivity index (χ0n) is 34.0. The molecule has 0 fully saturated rings. The van der Waals surface area contributed by atoms with Gasteiger partial charge in [-0.05, 0) is 140 Å². The van der Waals surface area contributed by atoms with Crippen LogP contribution in [-0.2, 0) is 0 Å². The summed E-state index contributed by atoms with van der Waals surface area (Å²) in [5.41, 5.74) is 19.2. The Morgan fingerprint density at radius 3 is 1.08 bits per heavy atom. The minimum absolute atomic E-state index is 0.906. The van der Waals surface area contributed by atoms with Crippen LogP contribution in [0.2, 0.25) is 0 Å². The van der Waals surface area contributed by atoms with Gasteiger partial charge < -0.3 is 9.32 Å². The van der Waals surface area contributed by atoms with Crippen molar-refractivity contribution in [3.8, 4) is 66.8 Å². The van der Waals surface area contributed by atoms with Crippen LogP contribution in [0.3, 0.4) is 0 Å². The molecule has 2 heteroatoms. The molecule has 2 nitrogen and oxygen atoms in total. The van der Waals surface area contributed by atoms with Crippen molar-refractivity contribution >= 4 is 39.0 Å². The molecule has 62 heavy (non-hydrogen) atoms. The third kappa shape index (κ3) is 7.25. The first kappa shape index (κ1) is 36.8. The van der Waals surface area contributed by atoms with Crippen LogP contribution < -0.4 is 4.90 Å². The molecule has 292 valence electrons. The van der Waals surface area contributed by atoms with Crippen LogP contribution in [0, 0.1) is 0 Å². The highest BCUT2D eigenvalue weighted by Crippen LogP contribution is 2.41. The molecule has 0 atom stereocenters. The van der Waals surface area contributed by atoms with E-state index in [0.717, 1.165) is 61.3 Å². The SMILES string of the molecule is c1ccc(-c2cccc(-c3cccc(N(c4ccc(-c5cccc(-c6ccc7oc8ccccc8c7c6)c5)cc4)c4cccc(-c5cccc(-c6ccccc6)c5)c4)c3)c2)cc1. The van der Waals surface area contributed by atoms with E-state index in [9.17, 15) is 0 Å². The molecule has 1 heterocycles. The van der Waals surface area contributed by atoms with E-state index in [-0.39, 0.29) is 0 Å². The summed E-state index contributed by atoms with van der Waals surface area (Å²) in [6, 6.07) is 89.2. The third-order valence-electron chi connectivity index (χ3n) is 11.8. The zero-order chi connectivity index (χ0) is 41.2. The van der Waals surface area contributed by atoms with Crippen molar-refractivity contribution in [3.05, 3.63) is 249 Å². The lowest BCUT2D eigenvalue weighted by Crippen LogP contribution is -2.10. The highest BCUT2D eigenvalue weighted by Gasteiger charge is 2.16. The third-order valence-corrected chi connectivity index (χ3v) is 11.8. The Bertz CT molecular complexity index is 3220. The van der Waals surface area contributed by atoms with Crippen LogP contribution in [0.1, 0.15) is 0 Å². The van der Waals surface area contributed by atoms with E-state index in [1.807, 2.05) is 12.1 Å². The Labute approximate surface area is 362 Å². The average molecular weight is 792 g/mol. The van der Waals surface area contributed by atoms with Crippen LogP contribution in [0.4, 0.5) is 17.1 Å². The Morgan fingerprint density at radius 1 is 0.210 bits per heavy atom. The first-order valence-corrected chi connectivity index (χ1v) is 21.1. The van der Waals surface area contributed by atoms with Gasteiger partial charge in [0.05, 0.1) is 0 Å². The predicted octanol–water partition coefficient (Wildman–Crippen LogP) is 17.1. The van der Waals surface area contributed by atoms with E-state index in [0.29, 0.717) is 0 Å². The second-order valence-corrected chi connectivity index (χ2v) is 15.8. The van der Waals surface area contributed by atoms with E-state index in [1.165, 1.54) is 44.5 Å². The van der Waals surface area contributed by atoms with Gasteiger partial charge in [-0.3, -0.25) is 0 Å². The fourth-order valence-electron chi connectivity index (χ4n) is 8.70. The summed E-state index contributed by atoms with van der Waals surface area (Å²) in [7, 11) is 0. The van der Waals surface area contributed by atoms with Crippen LogP contribution in [0.5, 0.6) is 0 Å². The number of para-hydroxylation sites is 1. The maximum absolute atomic E-state index is 6.13. The number of hydrogen-bond acceptors (Lipinski definition) is 2. The van der Waals surface area contributed by atoms with Gasteiger partial charge in [-0.15, -0.1) is 0 Å². The molecule has 0 aliphatic rings. The maximum atomic E-state index is 6.13. The van der Waals surface area contributed by atoms with Gasteiger partial charge in [-0.25, -0.2) is 0 Å². The van der Waals surface area contributed by atoms with E-state index < -0.39 is 0 Å². The smallest absolute Gasteiger partial charge is 0.135 e. The van der Waals surface area contributed by atoms with Gasteiger partial charge in [0.2, 0.25) is 0 Å². The van der Waals surface area contributed by atoms with Crippen LogP contribution >= 0.6 is 0 Å². The summed E-state index contributed by atoms with van der Waals surface area (Å²) < 4.78 is 6.13. The molecule has 0 N–H and O–H groups in total. The van der Waals surface area contributed by atoms with Crippen molar-refractivity contribution in [1.29, 1.82) is 0 Å².